The van der Waals surface area contributed by atoms with Crippen molar-refractivity contribution in [3.05, 3.63) is 0 Å². The second kappa shape index (κ2) is 5.55. The van der Waals surface area contributed by atoms with E-state index in [0.717, 1.165) is 5.75 Å². The van der Waals surface area contributed by atoms with Crippen LogP contribution in [0.5, 0.6) is 0 Å². The van der Waals surface area contributed by atoms with Gasteiger partial charge in [0.15, 0.2) is 0 Å². The normalized spacial score (nSPS) is 27.0. The Kier molecular flexibility index (Phi) is 4.35. The lowest BCUT2D eigenvalue weighted by molar-refractivity contribution is 0.0743. The summed E-state index contributed by atoms with van der Waals surface area (Å²) < 4.78 is 0. The van der Waals surface area contributed by atoms with Gasteiger partial charge in [0.2, 0.25) is 0 Å². The Bertz CT molecular complexity index is 180. The number of thiol groups is 1. The quantitative estimate of drug-likeness (QED) is 0.716. The fourth-order valence-corrected chi connectivity index (χ4v) is 3.14. The van der Waals surface area contributed by atoms with Crippen molar-refractivity contribution < 1.29 is 0 Å². The van der Waals surface area contributed by atoms with Gasteiger partial charge in [-0.25, -0.2) is 0 Å². The summed E-state index contributed by atoms with van der Waals surface area (Å²) in [5, 5.41) is 3.48. The van der Waals surface area contributed by atoms with E-state index in [-0.39, 0.29) is 0 Å². The summed E-state index contributed by atoms with van der Waals surface area (Å²) in [4.78, 5) is 2.63. The minimum absolute atomic E-state index is 0.711. The Balaban J connectivity index is 1.75. The van der Waals surface area contributed by atoms with Gasteiger partial charge >= 0.3 is 0 Å². The summed E-state index contributed by atoms with van der Waals surface area (Å²) in [6.45, 7) is 6.41. The van der Waals surface area contributed by atoms with Crippen molar-refractivity contribution >= 4 is 12.6 Å². The van der Waals surface area contributed by atoms with Gasteiger partial charge in [-0.2, -0.15) is 12.6 Å². The number of piperidine rings is 2. The van der Waals surface area contributed by atoms with Crippen molar-refractivity contribution in [1.29, 1.82) is 0 Å². The molecule has 0 aromatic rings. The third-order valence-electron chi connectivity index (χ3n) is 4.21. The summed E-state index contributed by atoms with van der Waals surface area (Å²) >= 11 is 4.28. The van der Waals surface area contributed by atoms with Crippen molar-refractivity contribution in [3.63, 3.8) is 0 Å². The molecule has 0 saturated carbocycles. The molecule has 2 heterocycles. The van der Waals surface area contributed by atoms with E-state index in [1.165, 1.54) is 64.8 Å². The molecule has 15 heavy (non-hydrogen) atoms. The Hall–Kier alpha value is 0.270. The number of hydrogen-bond donors (Lipinski definition) is 2. The van der Waals surface area contributed by atoms with Gasteiger partial charge in [-0.3, -0.25) is 0 Å². The zero-order valence-corrected chi connectivity index (χ0v) is 10.6. The second-order valence-corrected chi connectivity index (χ2v) is 5.62. The molecule has 0 atom stereocenters. The van der Waals surface area contributed by atoms with E-state index in [1.54, 1.807) is 0 Å². The summed E-state index contributed by atoms with van der Waals surface area (Å²) in [6, 6.07) is 0. The molecular weight excluding hydrogens is 204 g/mol. The minimum Gasteiger partial charge on any atom is -0.317 e. The van der Waals surface area contributed by atoms with Crippen molar-refractivity contribution in [2.45, 2.75) is 32.1 Å². The first-order chi connectivity index (χ1) is 7.35. The molecule has 0 aromatic carbocycles. The lowest BCUT2D eigenvalue weighted by Crippen LogP contribution is -2.45. The lowest BCUT2D eigenvalue weighted by Gasteiger charge is -2.44. The van der Waals surface area contributed by atoms with Gasteiger partial charge < -0.3 is 10.2 Å². The topological polar surface area (TPSA) is 15.3 Å². The summed E-state index contributed by atoms with van der Waals surface area (Å²) in [5.41, 5.74) is 0.711. The molecule has 1 N–H and O–H groups in total. The van der Waals surface area contributed by atoms with Crippen LogP contribution < -0.4 is 5.32 Å². The van der Waals surface area contributed by atoms with E-state index in [1.807, 2.05) is 0 Å². The Morgan fingerprint density at radius 1 is 1.07 bits per heavy atom. The fraction of sp³-hybridized carbons (Fsp3) is 1.00. The lowest BCUT2D eigenvalue weighted by atomic mass is 9.71. The van der Waals surface area contributed by atoms with Crippen LogP contribution in [0.2, 0.25) is 0 Å². The van der Waals surface area contributed by atoms with Crippen molar-refractivity contribution in [2.75, 3.05) is 38.5 Å². The molecule has 2 nitrogen and oxygen atoms in total. The predicted octanol–water partition coefficient (Wildman–Crippen LogP) is 1.77. The van der Waals surface area contributed by atoms with Crippen LogP contribution in [0.25, 0.3) is 0 Å². The zero-order chi connectivity index (χ0) is 10.6. The van der Waals surface area contributed by atoms with E-state index >= 15 is 0 Å². The number of rotatable bonds is 3. The third kappa shape index (κ3) is 3.11. The Labute approximate surface area is 99.2 Å². The Morgan fingerprint density at radius 2 is 1.73 bits per heavy atom. The molecule has 1 spiro atoms. The zero-order valence-electron chi connectivity index (χ0n) is 9.67. The largest absolute Gasteiger partial charge is 0.317 e. The van der Waals surface area contributed by atoms with Gasteiger partial charge in [0.1, 0.15) is 0 Å². The minimum atomic E-state index is 0.711. The first-order valence-corrected chi connectivity index (χ1v) is 7.02. The smallest absolute Gasteiger partial charge is 0.00110 e. The van der Waals surface area contributed by atoms with Crippen LogP contribution in [0.1, 0.15) is 32.1 Å². The van der Waals surface area contributed by atoms with E-state index < -0.39 is 0 Å². The van der Waals surface area contributed by atoms with Crippen molar-refractivity contribution in [1.82, 2.24) is 10.2 Å². The highest BCUT2D eigenvalue weighted by molar-refractivity contribution is 7.80. The molecule has 0 unspecified atom stereocenters. The molecule has 2 saturated heterocycles. The van der Waals surface area contributed by atoms with Crippen LogP contribution in [0.4, 0.5) is 0 Å². The SMILES string of the molecule is SCCCN1CCC2(CCNCC2)CC1. The third-order valence-corrected chi connectivity index (χ3v) is 4.53. The molecule has 0 amide bonds. The van der Waals surface area contributed by atoms with Gasteiger partial charge in [-0.15, -0.1) is 0 Å². The number of nitrogens with one attached hydrogen (secondary N) is 1. The summed E-state index contributed by atoms with van der Waals surface area (Å²) in [6.07, 6.45) is 6.93. The molecule has 2 aliphatic heterocycles. The highest BCUT2D eigenvalue weighted by Gasteiger charge is 2.35. The van der Waals surface area contributed by atoms with Gasteiger partial charge in [-0.05, 0) is 76.0 Å². The molecule has 0 radical (unpaired) electrons. The number of hydrogen-bond acceptors (Lipinski definition) is 3. The van der Waals surface area contributed by atoms with E-state index in [4.69, 9.17) is 0 Å². The van der Waals surface area contributed by atoms with Crippen LogP contribution in [0.3, 0.4) is 0 Å². The molecule has 88 valence electrons. The van der Waals surface area contributed by atoms with E-state index in [0.29, 0.717) is 5.41 Å². The first kappa shape index (κ1) is 11.7. The molecule has 2 aliphatic rings. The summed E-state index contributed by atoms with van der Waals surface area (Å²) in [7, 11) is 0. The maximum absolute atomic E-state index is 4.28. The second-order valence-electron chi connectivity index (χ2n) is 5.17. The van der Waals surface area contributed by atoms with Gasteiger partial charge in [0, 0.05) is 0 Å². The number of nitrogens with zero attached hydrogens (tertiary/aromatic N) is 1. The monoisotopic (exact) mass is 228 g/mol. The molecule has 0 aromatic heterocycles. The maximum atomic E-state index is 4.28. The van der Waals surface area contributed by atoms with E-state index in [9.17, 15) is 0 Å². The van der Waals surface area contributed by atoms with Crippen LogP contribution in [0, 0.1) is 5.41 Å². The molecule has 2 rings (SSSR count). The van der Waals surface area contributed by atoms with Gasteiger partial charge in [0.05, 0.1) is 0 Å². The Morgan fingerprint density at radius 3 is 2.33 bits per heavy atom. The van der Waals surface area contributed by atoms with Gasteiger partial charge in [0.25, 0.3) is 0 Å². The van der Waals surface area contributed by atoms with Crippen LogP contribution in [-0.2, 0) is 0 Å². The van der Waals surface area contributed by atoms with Crippen molar-refractivity contribution in [3.8, 4) is 0 Å². The predicted molar refractivity (Wildman–Crippen MR) is 68.7 cm³/mol. The summed E-state index contributed by atoms with van der Waals surface area (Å²) in [5.74, 6) is 1.03. The van der Waals surface area contributed by atoms with Crippen LogP contribution >= 0.6 is 12.6 Å². The van der Waals surface area contributed by atoms with Crippen molar-refractivity contribution in [2.24, 2.45) is 5.41 Å². The highest BCUT2D eigenvalue weighted by Crippen LogP contribution is 2.39. The maximum Gasteiger partial charge on any atom is -0.00110 e. The van der Waals surface area contributed by atoms with Gasteiger partial charge in [-0.1, -0.05) is 0 Å². The number of likely N-dealkylation sites (tertiary alicyclic amines) is 1. The average molecular weight is 228 g/mol. The van der Waals surface area contributed by atoms with Crippen LogP contribution in [-0.4, -0.2) is 43.4 Å². The molecular formula is C12H24N2S. The highest BCUT2D eigenvalue weighted by atomic mass is 32.1. The standard InChI is InChI=1S/C12H24N2S/c15-11-1-8-14-9-4-12(5-10-14)2-6-13-7-3-12/h13,15H,1-11H2. The fourth-order valence-electron chi connectivity index (χ4n) is 3.00. The molecule has 3 heteroatoms. The average Bonchev–Trinajstić information content (AvgIpc) is 2.30. The molecule has 0 aliphatic carbocycles. The van der Waals surface area contributed by atoms with E-state index in [2.05, 4.69) is 22.8 Å². The van der Waals surface area contributed by atoms with Crippen LogP contribution in [0.15, 0.2) is 0 Å². The first-order valence-electron chi connectivity index (χ1n) is 6.39. The molecule has 0 bridgehead atoms. The molecule has 2 fully saturated rings.